The minimum atomic E-state index is -0.253. The van der Waals surface area contributed by atoms with Gasteiger partial charge in [-0.15, -0.1) is 0 Å². The molecule has 18 heavy (non-hydrogen) atoms. The third-order valence-electron chi connectivity index (χ3n) is 2.79. The lowest BCUT2D eigenvalue weighted by molar-refractivity contribution is 0.480. The maximum atomic E-state index is 12.7. The molecule has 0 aromatic heterocycles. The minimum absolute atomic E-state index is 0.253. The molecule has 0 aliphatic rings. The molecule has 0 saturated carbocycles. The molecule has 0 N–H and O–H groups in total. The van der Waals surface area contributed by atoms with E-state index in [1.807, 2.05) is 12.1 Å². The zero-order valence-electron chi connectivity index (χ0n) is 10.5. The first-order valence-corrected chi connectivity index (χ1v) is 6.30. The number of ether oxygens (including phenoxy) is 1. The summed E-state index contributed by atoms with van der Waals surface area (Å²) in [5.74, 6) is 1.18. The van der Waals surface area contributed by atoms with E-state index in [2.05, 4.69) is 19.1 Å². The highest BCUT2D eigenvalue weighted by molar-refractivity contribution is 5.33. The fourth-order valence-corrected chi connectivity index (χ4v) is 1.74. The number of aryl methyl sites for hydroxylation is 1. The Morgan fingerprint density at radius 2 is 1.44 bits per heavy atom. The maximum Gasteiger partial charge on any atom is 0.127 e. The van der Waals surface area contributed by atoms with Crippen LogP contribution >= 0.6 is 0 Å². The first-order chi connectivity index (χ1) is 8.78. The van der Waals surface area contributed by atoms with Crippen molar-refractivity contribution in [3.63, 3.8) is 0 Å². The molecule has 2 heteroatoms. The van der Waals surface area contributed by atoms with E-state index in [9.17, 15) is 4.39 Å². The van der Waals surface area contributed by atoms with E-state index in [0.717, 1.165) is 12.2 Å². The van der Waals surface area contributed by atoms with Crippen molar-refractivity contribution < 1.29 is 9.13 Å². The van der Waals surface area contributed by atoms with Crippen molar-refractivity contribution >= 4 is 0 Å². The molecular formula is C16H17FO. The molecule has 0 amide bonds. The summed E-state index contributed by atoms with van der Waals surface area (Å²) in [4.78, 5) is 0. The van der Waals surface area contributed by atoms with Gasteiger partial charge in [0, 0.05) is 0 Å². The first-order valence-electron chi connectivity index (χ1n) is 6.30. The predicted octanol–water partition coefficient (Wildman–Crippen LogP) is 4.96. The zero-order valence-corrected chi connectivity index (χ0v) is 10.5. The third kappa shape index (κ3) is 3.59. The molecule has 1 nitrogen and oxygen atoms in total. The molecule has 94 valence electrons. The molecule has 0 saturated heterocycles. The summed E-state index contributed by atoms with van der Waals surface area (Å²) in [6, 6.07) is 14.1. The second-order valence-corrected chi connectivity index (χ2v) is 4.30. The van der Waals surface area contributed by atoms with Crippen LogP contribution in [-0.4, -0.2) is 0 Å². The number of rotatable bonds is 5. The monoisotopic (exact) mass is 244 g/mol. The second kappa shape index (κ2) is 6.20. The van der Waals surface area contributed by atoms with E-state index >= 15 is 0 Å². The van der Waals surface area contributed by atoms with Gasteiger partial charge in [-0.2, -0.15) is 0 Å². The van der Waals surface area contributed by atoms with E-state index in [1.54, 1.807) is 12.1 Å². The Morgan fingerprint density at radius 1 is 0.889 bits per heavy atom. The summed E-state index contributed by atoms with van der Waals surface area (Å²) in [7, 11) is 0. The average Bonchev–Trinajstić information content (AvgIpc) is 2.41. The van der Waals surface area contributed by atoms with Crippen molar-refractivity contribution in [2.24, 2.45) is 0 Å². The van der Waals surface area contributed by atoms with Crippen molar-refractivity contribution in [1.29, 1.82) is 0 Å². The van der Waals surface area contributed by atoms with E-state index < -0.39 is 0 Å². The molecule has 0 unspecified atom stereocenters. The van der Waals surface area contributed by atoms with Crippen LogP contribution in [0.15, 0.2) is 48.5 Å². The Bertz CT molecular complexity index is 473. The number of halogens is 1. The number of unbranched alkanes of at least 4 members (excludes halogenated alkanes) is 1. The highest BCUT2D eigenvalue weighted by Gasteiger charge is 1.98. The van der Waals surface area contributed by atoms with Crippen LogP contribution in [0.1, 0.15) is 25.3 Å². The fourth-order valence-electron chi connectivity index (χ4n) is 1.74. The largest absolute Gasteiger partial charge is 0.457 e. The number of hydrogen-bond donors (Lipinski definition) is 0. The smallest absolute Gasteiger partial charge is 0.127 e. The van der Waals surface area contributed by atoms with Gasteiger partial charge in [-0.05, 0) is 54.8 Å². The van der Waals surface area contributed by atoms with Gasteiger partial charge in [-0.25, -0.2) is 4.39 Å². The lowest BCUT2D eigenvalue weighted by Crippen LogP contribution is -1.87. The molecule has 0 fully saturated rings. The van der Waals surface area contributed by atoms with Crippen LogP contribution in [0, 0.1) is 5.82 Å². The Hall–Kier alpha value is -1.83. The van der Waals surface area contributed by atoms with Crippen LogP contribution in [0.4, 0.5) is 4.39 Å². The van der Waals surface area contributed by atoms with Crippen molar-refractivity contribution in [3.05, 3.63) is 59.9 Å². The van der Waals surface area contributed by atoms with E-state index in [4.69, 9.17) is 4.74 Å². The summed E-state index contributed by atoms with van der Waals surface area (Å²) in [5.41, 5.74) is 1.32. The predicted molar refractivity (Wildman–Crippen MR) is 71.5 cm³/mol. The van der Waals surface area contributed by atoms with Crippen LogP contribution in [0.25, 0.3) is 0 Å². The van der Waals surface area contributed by atoms with E-state index in [0.29, 0.717) is 5.75 Å². The first kappa shape index (κ1) is 12.6. The second-order valence-electron chi connectivity index (χ2n) is 4.30. The summed E-state index contributed by atoms with van der Waals surface area (Å²) in [6.07, 6.45) is 3.51. The summed E-state index contributed by atoms with van der Waals surface area (Å²) in [6.45, 7) is 2.19. The van der Waals surface area contributed by atoms with Crippen LogP contribution in [0.2, 0.25) is 0 Å². The van der Waals surface area contributed by atoms with Crippen molar-refractivity contribution in [2.45, 2.75) is 26.2 Å². The molecule has 0 bridgehead atoms. The van der Waals surface area contributed by atoms with E-state index in [-0.39, 0.29) is 5.82 Å². The molecule has 0 spiro atoms. The zero-order chi connectivity index (χ0) is 12.8. The van der Waals surface area contributed by atoms with Gasteiger partial charge in [0.05, 0.1) is 0 Å². The molecule has 0 heterocycles. The van der Waals surface area contributed by atoms with Crippen molar-refractivity contribution in [1.82, 2.24) is 0 Å². The van der Waals surface area contributed by atoms with Gasteiger partial charge in [-0.1, -0.05) is 25.5 Å². The third-order valence-corrected chi connectivity index (χ3v) is 2.79. The van der Waals surface area contributed by atoms with Gasteiger partial charge >= 0.3 is 0 Å². The lowest BCUT2D eigenvalue weighted by Gasteiger charge is -2.06. The van der Waals surface area contributed by atoms with Crippen LogP contribution in [0.3, 0.4) is 0 Å². The molecule has 0 aliphatic carbocycles. The number of hydrogen-bond acceptors (Lipinski definition) is 1. The Balaban J connectivity index is 1.99. The SMILES string of the molecule is CCCCc1ccc(Oc2ccc(F)cc2)cc1. The Morgan fingerprint density at radius 3 is 2.00 bits per heavy atom. The van der Waals surface area contributed by atoms with Gasteiger partial charge in [0.2, 0.25) is 0 Å². The highest BCUT2D eigenvalue weighted by Crippen LogP contribution is 2.22. The lowest BCUT2D eigenvalue weighted by atomic mass is 10.1. The summed E-state index contributed by atoms with van der Waals surface area (Å²) in [5, 5.41) is 0. The maximum absolute atomic E-state index is 12.7. The van der Waals surface area contributed by atoms with Gasteiger partial charge in [0.1, 0.15) is 17.3 Å². The van der Waals surface area contributed by atoms with Crippen molar-refractivity contribution in [2.75, 3.05) is 0 Å². The molecule has 2 aromatic rings. The normalized spacial score (nSPS) is 10.3. The molecule has 0 aliphatic heterocycles. The minimum Gasteiger partial charge on any atom is -0.457 e. The quantitative estimate of drug-likeness (QED) is 0.722. The molecule has 0 atom stereocenters. The average molecular weight is 244 g/mol. The highest BCUT2D eigenvalue weighted by atomic mass is 19.1. The standard InChI is InChI=1S/C16H17FO/c1-2-3-4-13-5-9-15(10-6-13)18-16-11-7-14(17)8-12-16/h5-12H,2-4H2,1H3. The number of benzene rings is 2. The van der Waals surface area contributed by atoms with Gasteiger partial charge in [0.15, 0.2) is 0 Å². The van der Waals surface area contributed by atoms with E-state index in [1.165, 1.54) is 30.5 Å². The van der Waals surface area contributed by atoms with Crippen molar-refractivity contribution in [3.8, 4) is 11.5 Å². The van der Waals surface area contributed by atoms with Gasteiger partial charge in [0.25, 0.3) is 0 Å². The van der Waals surface area contributed by atoms with Crippen LogP contribution in [-0.2, 0) is 6.42 Å². The molecule has 0 radical (unpaired) electrons. The topological polar surface area (TPSA) is 9.23 Å². The Labute approximate surface area is 107 Å². The van der Waals surface area contributed by atoms with Gasteiger partial charge in [-0.3, -0.25) is 0 Å². The van der Waals surface area contributed by atoms with Gasteiger partial charge < -0.3 is 4.74 Å². The molecule has 2 aromatic carbocycles. The fraction of sp³-hybridized carbons (Fsp3) is 0.250. The summed E-state index contributed by atoms with van der Waals surface area (Å²) >= 11 is 0. The molecular weight excluding hydrogens is 227 g/mol. The van der Waals surface area contributed by atoms with Crippen LogP contribution in [0.5, 0.6) is 11.5 Å². The molecule has 2 rings (SSSR count). The summed E-state index contributed by atoms with van der Waals surface area (Å²) < 4.78 is 18.4. The Kier molecular flexibility index (Phi) is 4.35. The van der Waals surface area contributed by atoms with Crippen LogP contribution < -0.4 is 4.74 Å².